The summed E-state index contributed by atoms with van der Waals surface area (Å²) in [7, 11) is 0. The number of rotatable bonds is 2. The second-order valence-electron chi connectivity index (χ2n) is 5.94. The molecule has 0 radical (unpaired) electrons. The molecular formula is C18H10ClF4N3O2. The van der Waals surface area contributed by atoms with E-state index < -0.39 is 28.6 Å². The lowest BCUT2D eigenvalue weighted by Crippen LogP contribution is -2.25. The maximum Gasteiger partial charge on any atom is 0.436 e. The standard InChI is InChI=1S/C18H10ClF4N3O2/c19-15-16(9-1-6-13-12(7-9)24-14(27)8-28-13)26(25-17(15)18(21,22)23)11-4-2-10(20)3-5-11/h1-7H,8H2,(H,24,27). The summed E-state index contributed by atoms with van der Waals surface area (Å²) in [5.41, 5.74) is -0.575. The number of carbonyl (C=O) groups is 1. The number of aromatic nitrogens is 2. The van der Waals surface area contributed by atoms with Gasteiger partial charge in [-0.25, -0.2) is 9.07 Å². The summed E-state index contributed by atoms with van der Waals surface area (Å²) in [5, 5.41) is 5.58. The number of nitrogens with one attached hydrogen (secondary N) is 1. The molecule has 1 aliphatic heterocycles. The van der Waals surface area contributed by atoms with Gasteiger partial charge in [0.25, 0.3) is 5.91 Å². The van der Waals surface area contributed by atoms with Crippen LogP contribution in [0.5, 0.6) is 5.75 Å². The quantitative estimate of drug-likeness (QED) is 0.623. The predicted octanol–water partition coefficient (Wildman–Crippen LogP) is 4.68. The van der Waals surface area contributed by atoms with Gasteiger partial charge < -0.3 is 10.1 Å². The number of ether oxygens (including phenoxy) is 1. The van der Waals surface area contributed by atoms with Crippen molar-refractivity contribution in [3.05, 3.63) is 59.0 Å². The number of halogens is 5. The number of alkyl halides is 3. The van der Waals surface area contributed by atoms with Crippen molar-refractivity contribution >= 4 is 23.2 Å². The lowest BCUT2D eigenvalue weighted by Gasteiger charge is -2.19. The third-order valence-electron chi connectivity index (χ3n) is 4.05. The maximum atomic E-state index is 13.4. The molecule has 144 valence electrons. The molecule has 1 N–H and O–H groups in total. The number of anilines is 1. The molecule has 0 aliphatic carbocycles. The van der Waals surface area contributed by atoms with E-state index in [4.69, 9.17) is 16.3 Å². The fourth-order valence-corrected chi connectivity index (χ4v) is 3.16. The Labute approximate surface area is 160 Å². The second-order valence-corrected chi connectivity index (χ2v) is 6.32. The van der Waals surface area contributed by atoms with Gasteiger partial charge in [0.05, 0.1) is 22.1 Å². The first-order valence-electron chi connectivity index (χ1n) is 7.93. The molecule has 0 fully saturated rings. The summed E-state index contributed by atoms with van der Waals surface area (Å²) in [6.45, 7) is -0.154. The molecule has 0 saturated carbocycles. The summed E-state index contributed by atoms with van der Waals surface area (Å²) in [5.74, 6) is -0.560. The summed E-state index contributed by atoms with van der Waals surface area (Å²) in [4.78, 5) is 11.5. The molecule has 0 bridgehead atoms. The highest BCUT2D eigenvalue weighted by atomic mass is 35.5. The fourth-order valence-electron chi connectivity index (χ4n) is 2.83. The zero-order valence-corrected chi connectivity index (χ0v) is 14.6. The molecule has 2 heterocycles. The average Bonchev–Trinajstić information content (AvgIpc) is 2.99. The molecule has 1 aromatic heterocycles. The Balaban J connectivity index is 1.93. The molecule has 4 rings (SSSR count). The molecule has 2 aromatic carbocycles. The predicted molar refractivity (Wildman–Crippen MR) is 93.1 cm³/mol. The molecule has 1 aliphatic rings. The van der Waals surface area contributed by atoms with Crippen molar-refractivity contribution in [2.75, 3.05) is 11.9 Å². The van der Waals surface area contributed by atoms with E-state index in [2.05, 4.69) is 10.4 Å². The molecular weight excluding hydrogens is 402 g/mol. The van der Waals surface area contributed by atoms with Crippen molar-refractivity contribution in [3.8, 4) is 22.7 Å². The molecule has 10 heteroatoms. The van der Waals surface area contributed by atoms with E-state index in [1.54, 1.807) is 0 Å². The molecule has 28 heavy (non-hydrogen) atoms. The van der Waals surface area contributed by atoms with Gasteiger partial charge in [-0.05, 0) is 42.5 Å². The van der Waals surface area contributed by atoms with Crippen LogP contribution in [-0.2, 0) is 11.0 Å². The largest absolute Gasteiger partial charge is 0.482 e. The number of benzene rings is 2. The number of amides is 1. The first-order chi connectivity index (χ1) is 13.2. The van der Waals surface area contributed by atoms with E-state index in [-0.39, 0.29) is 23.6 Å². The van der Waals surface area contributed by atoms with E-state index in [1.807, 2.05) is 0 Å². The molecule has 1 amide bonds. The minimum Gasteiger partial charge on any atom is -0.482 e. The van der Waals surface area contributed by atoms with Crippen LogP contribution in [0.3, 0.4) is 0 Å². The zero-order chi connectivity index (χ0) is 20.1. The third-order valence-corrected chi connectivity index (χ3v) is 4.41. The van der Waals surface area contributed by atoms with Crippen LogP contribution in [0.4, 0.5) is 23.2 Å². The normalized spacial score (nSPS) is 13.7. The zero-order valence-electron chi connectivity index (χ0n) is 13.8. The van der Waals surface area contributed by atoms with Gasteiger partial charge in [-0.1, -0.05) is 11.6 Å². The highest BCUT2D eigenvalue weighted by Crippen LogP contribution is 2.42. The van der Waals surface area contributed by atoms with Crippen molar-refractivity contribution in [1.29, 1.82) is 0 Å². The maximum absolute atomic E-state index is 13.4. The van der Waals surface area contributed by atoms with Crippen LogP contribution >= 0.6 is 11.6 Å². The molecule has 5 nitrogen and oxygen atoms in total. The Kier molecular flexibility index (Phi) is 4.26. The minimum atomic E-state index is -4.79. The monoisotopic (exact) mass is 411 g/mol. The van der Waals surface area contributed by atoms with Gasteiger partial charge in [-0.15, -0.1) is 0 Å². The van der Waals surface area contributed by atoms with Crippen molar-refractivity contribution < 1.29 is 27.1 Å². The van der Waals surface area contributed by atoms with Gasteiger partial charge >= 0.3 is 6.18 Å². The number of hydrogen-bond donors (Lipinski definition) is 1. The summed E-state index contributed by atoms with van der Waals surface area (Å²) >= 11 is 6.05. The molecule has 0 atom stereocenters. The number of carbonyl (C=O) groups excluding carboxylic acids is 1. The Hall–Kier alpha value is -3.07. The van der Waals surface area contributed by atoms with Gasteiger partial charge in [-0.3, -0.25) is 4.79 Å². The van der Waals surface area contributed by atoms with Crippen molar-refractivity contribution in [2.45, 2.75) is 6.18 Å². The van der Waals surface area contributed by atoms with E-state index >= 15 is 0 Å². The van der Waals surface area contributed by atoms with Gasteiger partial charge in [0.15, 0.2) is 12.3 Å². The number of fused-ring (bicyclic) bond motifs is 1. The smallest absolute Gasteiger partial charge is 0.436 e. The van der Waals surface area contributed by atoms with Crippen LogP contribution < -0.4 is 10.1 Å². The number of nitrogens with zero attached hydrogens (tertiary/aromatic N) is 2. The van der Waals surface area contributed by atoms with Crippen LogP contribution in [0.25, 0.3) is 16.9 Å². The fraction of sp³-hybridized carbons (Fsp3) is 0.111. The lowest BCUT2D eigenvalue weighted by atomic mass is 10.1. The van der Waals surface area contributed by atoms with E-state index in [0.717, 1.165) is 16.8 Å². The van der Waals surface area contributed by atoms with Crippen LogP contribution in [0.2, 0.25) is 5.02 Å². The van der Waals surface area contributed by atoms with Crippen molar-refractivity contribution in [2.24, 2.45) is 0 Å². The third kappa shape index (κ3) is 3.18. The van der Waals surface area contributed by atoms with Crippen LogP contribution in [-0.4, -0.2) is 22.3 Å². The van der Waals surface area contributed by atoms with Crippen LogP contribution in [0.1, 0.15) is 5.69 Å². The van der Waals surface area contributed by atoms with Crippen molar-refractivity contribution in [3.63, 3.8) is 0 Å². The van der Waals surface area contributed by atoms with Gasteiger partial charge in [-0.2, -0.15) is 18.3 Å². The topological polar surface area (TPSA) is 56.1 Å². The molecule has 3 aromatic rings. The number of hydrogen-bond acceptors (Lipinski definition) is 3. The Morgan fingerprint density at radius 3 is 2.54 bits per heavy atom. The Bertz CT molecular complexity index is 1080. The first-order valence-corrected chi connectivity index (χ1v) is 8.30. The van der Waals surface area contributed by atoms with Crippen LogP contribution in [0.15, 0.2) is 42.5 Å². The summed E-state index contributed by atoms with van der Waals surface area (Å²) in [6, 6.07) is 9.22. The Morgan fingerprint density at radius 2 is 1.86 bits per heavy atom. The van der Waals surface area contributed by atoms with E-state index in [0.29, 0.717) is 11.4 Å². The summed E-state index contributed by atoms with van der Waals surface area (Å²) in [6.07, 6.45) is -4.79. The minimum absolute atomic E-state index is 0.0526. The SMILES string of the molecule is O=C1COc2ccc(-c3c(Cl)c(C(F)(F)F)nn3-c3ccc(F)cc3)cc2N1. The van der Waals surface area contributed by atoms with Gasteiger partial charge in [0.1, 0.15) is 11.6 Å². The van der Waals surface area contributed by atoms with Crippen LogP contribution in [0, 0.1) is 5.82 Å². The van der Waals surface area contributed by atoms with Gasteiger partial charge in [0.2, 0.25) is 0 Å². The Morgan fingerprint density at radius 1 is 1.14 bits per heavy atom. The van der Waals surface area contributed by atoms with Crippen molar-refractivity contribution in [1.82, 2.24) is 9.78 Å². The summed E-state index contributed by atoms with van der Waals surface area (Å²) < 4.78 is 59.6. The average molecular weight is 412 g/mol. The lowest BCUT2D eigenvalue weighted by molar-refractivity contribution is -0.141. The highest BCUT2D eigenvalue weighted by Gasteiger charge is 2.39. The molecule has 0 saturated heterocycles. The first kappa shape index (κ1) is 18.3. The highest BCUT2D eigenvalue weighted by molar-refractivity contribution is 6.34. The second kappa shape index (κ2) is 6.52. The molecule has 0 spiro atoms. The van der Waals surface area contributed by atoms with Gasteiger partial charge in [0, 0.05) is 5.56 Å². The van der Waals surface area contributed by atoms with E-state index in [1.165, 1.54) is 30.3 Å². The molecule has 0 unspecified atom stereocenters. The van der Waals surface area contributed by atoms with E-state index in [9.17, 15) is 22.4 Å².